The maximum atomic E-state index is 6.84. The van der Waals surface area contributed by atoms with Crippen LogP contribution in [0.3, 0.4) is 0 Å². The summed E-state index contributed by atoms with van der Waals surface area (Å²) in [6.07, 6.45) is 0. The van der Waals surface area contributed by atoms with E-state index in [0.717, 1.165) is 66.5 Å². The van der Waals surface area contributed by atoms with Crippen molar-refractivity contribution in [3.8, 4) is 62.1 Å². The van der Waals surface area contributed by atoms with E-state index in [0.29, 0.717) is 23.4 Å². The zero-order valence-corrected chi connectivity index (χ0v) is 31.6. The maximum absolute atomic E-state index is 6.84. The Labute approximate surface area is 334 Å². The molecule has 0 spiro atoms. The van der Waals surface area contributed by atoms with Crippen molar-refractivity contribution in [3.63, 3.8) is 0 Å². The zero-order valence-electron chi connectivity index (χ0n) is 31.6. The van der Waals surface area contributed by atoms with Gasteiger partial charge in [-0.1, -0.05) is 153 Å². The zero-order chi connectivity index (χ0) is 38.3. The molecule has 1 unspecified atom stereocenters. The van der Waals surface area contributed by atoms with Gasteiger partial charge in [-0.15, -0.1) is 0 Å². The van der Waals surface area contributed by atoms with Gasteiger partial charge in [-0.25, -0.2) is 15.0 Å². The number of rotatable bonds is 5. The Kier molecular flexibility index (Phi) is 7.14. The molecule has 272 valence electrons. The van der Waals surface area contributed by atoms with Crippen LogP contribution in [0, 0.1) is 0 Å². The SMILES string of the molecule is CC1c2ccccc2-c2cc(-c3cccc4oc5ccc(-n6c7ccccc7c7ccccc76)c(-c6nc(-c7ccccc7)nc(-c7ccccc7)n6)c5c34)ccc21. The van der Waals surface area contributed by atoms with Crippen LogP contribution in [-0.2, 0) is 0 Å². The van der Waals surface area contributed by atoms with E-state index in [-0.39, 0.29) is 0 Å². The molecule has 1 atom stereocenters. The van der Waals surface area contributed by atoms with Crippen LogP contribution < -0.4 is 0 Å². The monoisotopic (exact) mass is 742 g/mol. The summed E-state index contributed by atoms with van der Waals surface area (Å²) >= 11 is 0. The first-order valence-corrected chi connectivity index (χ1v) is 19.8. The second kappa shape index (κ2) is 12.7. The van der Waals surface area contributed by atoms with E-state index in [9.17, 15) is 0 Å². The number of hydrogen-bond donors (Lipinski definition) is 0. The summed E-state index contributed by atoms with van der Waals surface area (Å²) in [5.41, 5.74) is 15.0. The molecule has 0 aliphatic heterocycles. The van der Waals surface area contributed by atoms with Gasteiger partial charge < -0.3 is 8.98 Å². The van der Waals surface area contributed by atoms with Crippen LogP contribution in [0.5, 0.6) is 0 Å². The summed E-state index contributed by atoms with van der Waals surface area (Å²) in [7, 11) is 0. The average molecular weight is 743 g/mol. The summed E-state index contributed by atoms with van der Waals surface area (Å²) in [6, 6.07) is 64.0. The van der Waals surface area contributed by atoms with Crippen LogP contribution in [0.1, 0.15) is 24.0 Å². The van der Waals surface area contributed by atoms with Crippen molar-refractivity contribution >= 4 is 43.7 Å². The minimum Gasteiger partial charge on any atom is -0.456 e. The highest BCUT2D eigenvalue weighted by molar-refractivity contribution is 6.20. The standard InChI is InChI=1S/C53H34N4O/c1-32-36-19-8-9-20-39(36)42-31-35(27-28-37(32)42)38-23-14-26-46-48(38)50-47(58-46)30-29-45(57-43-24-12-10-21-40(43)41-22-11-13-25-44(41)57)49(50)53-55-51(33-15-4-2-5-16-33)54-52(56-53)34-17-6-3-7-18-34/h2-32H,1H3. The van der Waals surface area contributed by atoms with Crippen LogP contribution in [0.15, 0.2) is 186 Å². The molecule has 3 heterocycles. The largest absolute Gasteiger partial charge is 0.456 e. The van der Waals surface area contributed by atoms with Gasteiger partial charge >= 0.3 is 0 Å². The third kappa shape index (κ3) is 4.86. The number of furan rings is 1. The summed E-state index contributed by atoms with van der Waals surface area (Å²) in [4.78, 5) is 15.8. The Morgan fingerprint density at radius 3 is 1.71 bits per heavy atom. The molecule has 12 rings (SSSR count). The fourth-order valence-corrected chi connectivity index (χ4v) is 9.28. The average Bonchev–Trinajstić information content (AvgIpc) is 3.94. The topological polar surface area (TPSA) is 56.7 Å². The molecule has 0 amide bonds. The van der Waals surface area contributed by atoms with E-state index in [1.807, 2.05) is 36.4 Å². The van der Waals surface area contributed by atoms with Gasteiger partial charge in [-0.2, -0.15) is 0 Å². The number of hydrogen-bond acceptors (Lipinski definition) is 4. The van der Waals surface area contributed by atoms with Crippen LogP contribution >= 0.6 is 0 Å². The Bertz CT molecular complexity index is 3310. The lowest BCUT2D eigenvalue weighted by Gasteiger charge is -2.16. The molecule has 11 aromatic rings. The summed E-state index contributed by atoms with van der Waals surface area (Å²) in [6.45, 7) is 2.30. The molecule has 0 fully saturated rings. The van der Waals surface area contributed by atoms with Crippen molar-refractivity contribution in [1.82, 2.24) is 19.5 Å². The molecule has 0 saturated heterocycles. The molecular weight excluding hydrogens is 709 g/mol. The minimum atomic E-state index is 0.340. The predicted octanol–water partition coefficient (Wildman–Crippen LogP) is 13.7. The maximum Gasteiger partial charge on any atom is 0.166 e. The number of benzene rings is 8. The van der Waals surface area contributed by atoms with Crippen molar-refractivity contribution < 1.29 is 4.42 Å². The fraction of sp³-hybridized carbons (Fsp3) is 0.0377. The molecule has 1 aliphatic carbocycles. The first-order valence-electron chi connectivity index (χ1n) is 19.8. The Hall–Kier alpha value is -7.63. The highest BCUT2D eigenvalue weighted by atomic mass is 16.3. The third-order valence-electron chi connectivity index (χ3n) is 11.9. The van der Waals surface area contributed by atoms with Crippen molar-refractivity contribution in [3.05, 3.63) is 193 Å². The Morgan fingerprint density at radius 2 is 1.00 bits per heavy atom. The molecule has 5 heteroatoms. The summed E-state index contributed by atoms with van der Waals surface area (Å²) in [5, 5.41) is 4.35. The van der Waals surface area contributed by atoms with Crippen molar-refractivity contribution in [1.29, 1.82) is 0 Å². The molecule has 3 aromatic heterocycles. The van der Waals surface area contributed by atoms with Gasteiger partial charge in [0.05, 0.1) is 22.3 Å². The second-order valence-corrected chi connectivity index (χ2v) is 15.1. The summed E-state index contributed by atoms with van der Waals surface area (Å²) < 4.78 is 9.20. The van der Waals surface area contributed by atoms with E-state index in [1.165, 1.54) is 33.0 Å². The van der Waals surface area contributed by atoms with E-state index in [1.54, 1.807) is 0 Å². The third-order valence-corrected chi connectivity index (χ3v) is 11.9. The number of aromatic nitrogens is 4. The first kappa shape index (κ1) is 32.6. The van der Waals surface area contributed by atoms with Gasteiger partial charge in [0.25, 0.3) is 0 Å². The highest BCUT2D eigenvalue weighted by Gasteiger charge is 2.28. The fourth-order valence-electron chi connectivity index (χ4n) is 9.28. The van der Waals surface area contributed by atoms with E-state index < -0.39 is 0 Å². The van der Waals surface area contributed by atoms with Crippen LogP contribution in [0.4, 0.5) is 0 Å². The van der Waals surface area contributed by atoms with Crippen LogP contribution in [0.2, 0.25) is 0 Å². The van der Waals surface area contributed by atoms with Crippen molar-refractivity contribution in [2.45, 2.75) is 12.8 Å². The van der Waals surface area contributed by atoms with E-state index in [2.05, 4.69) is 157 Å². The molecule has 58 heavy (non-hydrogen) atoms. The van der Waals surface area contributed by atoms with Crippen LogP contribution in [0.25, 0.3) is 106 Å². The quantitative estimate of drug-likeness (QED) is 0.176. The molecule has 1 aliphatic rings. The van der Waals surface area contributed by atoms with Crippen molar-refractivity contribution in [2.75, 3.05) is 0 Å². The molecule has 0 N–H and O–H groups in total. The first-order chi connectivity index (χ1) is 28.7. The number of fused-ring (bicyclic) bond motifs is 9. The highest BCUT2D eigenvalue weighted by Crippen LogP contribution is 2.49. The van der Waals surface area contributed by atoms with Gasteiger partial charge in [0.1, 0.15) is 11.2 Å². The van der Waals surface area contributed by atoms with Crippen molar-refractivity contribution in [2.24, 2.45) is 0 Å². The number of para-hydroxylation sites is 2. The molecule has 8 aromatic carbocycles. The van der Waals surface area contributed by atoms with Gasteiger partial charge in [-0.05, 0) is 69.8 Å². The lowest BCUT2D eigenvalue weighted by atomic mass is 9.93. The summed E-state index contributed by atoms with van der Waals surface area (Å²) in [5.74, 6) is 2.13. The van der Waals surface area contributed by atoms with Gasteiger partial charge in [0, 0.05) is 38.6 Å². The normalized spacial score (nSPS) is 13.4. The molecular formula is C53H34N4O. The van der Waals surface area contributed by atoms with Gasteiger partial charge in [0.2, 0.25) is 0 Å². The second-order valence-electron chi connectivity index (χ2n) is 15.1. The predicted molar refractivity (Wildman–Crippen MR) is 236 cm³/mol. The smallest absolute Gasteiger partial charge is 0.166 e. The molecule has 0 saturated carbocycles. The Morgan fingerprint density at radius 1 is 0.431 bits per heavy atom. The molecule has 0 bridgehead atoms. The lowest BCUT2D eigenvalue weighted by Crippen LogP contribution is -2.04. The minimum absolute atomic E-state index is 0.340. The molecule has 0 radical (unpaired) electrons. The van der Waals surface area contributed by atoms with E-state index in [4.69, 9.17) is 19.4 Å². The lowest BCUT2D eigenvalue weighted by molar-refractivity contribution is 0.669. The van der Waals surface area contributed by atoms with Gasteiger partial charge in [-0.3, -0.25) is 0 Å². The van der Waals surface area contributed by atoms with E-state index >= 15 is 0 Å². The van der Waals surface area contributed by atoms with Crippen LogP contribution in [-0.4, -0.2) is 19.5 Å². The van der Waals surface area contributed by atoms with Gasteiger partial charge in [0.15, 0.2) is 17.5 Å². The molecule has 5 nitrogen and oxygen atoms in total. The number of nitrogens with zero attached hydrogens (tertiary/aromatic N) is 4. The Balaban J connectivity index is 1.22.